The van der Waals surface area contributed by atoms with E-state index >= 15 is 0 Å². The first-order valence-electron chi connectivity index (χ1n) is 5.92. The molecule has 1 aromatic rings. The molecule has 16 heavy (non-hydrogen) atoms. The van der Waals surface area contributed by atoms with Crippen molar-refractivity contribution in [2.24, 2.45) is 0 Å². The molecule has 86 valence electrons. The zero-order chi connectivity index (χ0) is 11.6. The van der Waals surface area contributed by atoms with Gasteiger partial charge in [0.1, 0.15) is 0 Å². The van der Waals surface area contributed by atoms with E-state index in [0.717, 1.165) is 19.3 Å². The van der Waals surface area contributed by atoms with E-state index in [-0.39, 0.29) is 11.8 Å². The summed E-state index contributed by atoms with van der Waals surface area (Å²) in [6.07, 6.45) is 4.44. The van der Waals surface area contributed by atoms with Gasteiger partial charge in [-0.25, -0.2) is 0 Å². The maximum Gasteiger partial charge on any atom is 0.303 e. The Labute approximate surface area is 96.3 Å². The summed E-state index contributed by atoms with van der Waals surface area (Å²) in [4.78, 5) is 10.7. The number of hydrogen-bond donors (Lipinski definition) is 1. The molecule has 1 aliphatic carbocycles. The summed E-state index contributed by atoms with van der Waals surface area (Å²) in [6, 6.07) is 8.47. The molecule has 0 amide bonds. The Kier molecular flexibility index (Phi) is 2.99. The standard InChI is InChI=1S/C14H18O2/c1-14(10-8-13(15)16)9-4-6-11-5-2-3-7-12(11)14/h2-3,5,7H,4,6,8-10H2,1H3,(H,15,16). The first-order chi connectivity index (χ1) is 7.62. The van der Waals surface area contributed by atoms with Crippen LogP contribution in [0.4, 0.5) is 0 Å². The van der Waals surface area contributed by atoms with Gasteiger partial charge in [0, 0.05) is 6.42 Å². The Morgan fingerprint density at radius 1 is 1.44 bits per heavy atom. The SMILES string of the molecule is CC1(CCC(=O)O)CCCc2ccccc21. The topological polar surface area (TPSA) is 37.3 Å². The van der Waals surface area contributed by atoms with Gasteiger partial charge in [-0.2, -0.15) is 0 Å². The molecular weight excluding hydrogens is 200 g/mol. The van der Waals surface area contributed by atoms with E-state index in [1.807, 2.05) is 0 Å². The predicted molar refractivity (Wildman–Crippen MR) is 63.6 cm³/mol. The highest BCUT2D eigenvalue weighted by Gasteiger charge is 2.31. The first-order valence-corrected chi connectivity index (χ1v) is 5.92. The number of carbonyl (C=O) groups is 1. The molecular formula is C14H18O2. The number of rotatable bonds is 3. The van der Waals surface area contributed by atoms with Crippen molar-refractivity contribution in [3.8, 4) is 0 Å². The zero-order valence-electron chi connectivity index (χ0n) is 9.70. The van der Waals surface area contributed by atoms with Gasteiger partial charge in [0.2, 0.25) is 0 Å². The molecule has 0 fully saturated rings. The highest BCUT2D eigenvalue weighted by molar-refractivity contribution is 5.66. The van der Waals surface area contributed by atoms with Crippen LogP contribution in [0, 0.1) is 0 Å². The van der Waals surface area contributed by atoms with Gasteiger partial charge in [-0.15, -0.1) is 0 Å². The van der Waals surface area contributed by atoms with Gasteiger partial charge < -0.3 is 5.11 Å². The Morgan fingerprint density at radius 2 is 2.19 bits per heavy atom. The van der Waals surface area contributed by atoms with Gasteiger partial charge in [0.15, 0.2) is 0 Å². The average Bonchev–Trinajstić information content (AvgIpc) is 2.27. The lowest BCUT2D eigenvalue weighted by Gasteiger charge is -2.35. The lowest BCUT2D eigenvalue weighted by atomic mass is 9.69. The van der Waals surface area contributed by atoms with E-state index in [9.17, 15) is 4.79 Å². The van der Waals surface area contributed by atoms with Crippen LogP contribution in [0.25, 0.3) is 0 Å². The summed E-state index contributed by atoms with van der Waals surface area (Å²) in [5.74, 6) is -0.690. The van der Waals surface area contributed by atoms with Crippen LogP contribution in [0.2, 0.25) is 0 Å². The molecule has 0 aromatic heterocycles. The van der Waals surface area contributed by atoms with Gasteiger partial charge in [0.05, 0.1) is 0 Å². The molecule has 1 atom stereocenters. The monoisotopic (exact) mass is 218 g/mol. The summed E-state index contributed by atoms with van der Waals surface area (Å²) in [6.45, 7) is 2.20. The summed E-state index contributed by atoms with van der Waals surface area (Å²) in [7, 11) is 0. The van der Waals surface area contributed by atoms with Crippen molar-refractivity contribution in [3.05, 3.63) is 35.4 Å². The molecule has 0 bridgehead atoms. The summed E-state index contributed by atoms with van der Waals surface area (Å²) in [5.41, 5.74) is 2.83. The third-order valence-corrected chi connectivity index (χ3v) is 3.73. The van der Waals surface area contributed by atoms with Gasteiger partial charge in [-0.05, 0) is 42.2 Å². The van der Waals surface area contributed by atoms with Crippen molar-refractivity contribution in [2.75, 3.05) is 0 Å². The lowest BCUT2D eigenvalue weighted by molar-refractivity contribution is -0.137. The van der Waals surface area contributed by atoms with E-state index in [4.69, 9.17) is 5.11 Å². The maximum absolute atomic E-state index is 10.7. The highest BCUT2D eigenvalue weighted by Crippen LogP contribution is 2.40. The normalized spacial score (nSPS) is 23.8. The molecule has 0 saturated carbocycles. The van der Waals surface area contributed by atoms with Crippen LogP contribution in [0.15, 0.2) is 24.3 Å². The number of hydrogen-bond acceptors (Lipinski definition) is 1. The van der Waals surface area contributed by atoms with Crippen LogP contribution in [0.1, 0.15) is 43.7 Å². The number of aryl methyl sites for hydroxylation is 1. The van der Waals surface area contributed by atoms with Crippen LogP contribution in [-0.4, -0.2) is 11.1 Å². The van der Waals surface area contributed by atoms with E-state index in [1.165, 1.54) is 17.5 Å². The van der Waals surface area contributed by atoms with Crippen LogP contribution < -0.4 is 0 Å². The third-order valence-electron chi connectivity index (χ3n) is 3.73. The Hall–Kier alpha value is -1.31. The smallest absolute Gasteiger partial charge is 0.303 e. The van der Waals surface area contributed by atoms with Gasteiger partial charge in [0.25, 0.3) is 0 Å². The first kappa shape index (κ1) is 11.2. The lowest BCUT2D eigenvalue weighted by Crippen LogP contribution is -2.28. The van der Waals surface area contributed by atoms with E-state index in [2.05, 4.69) is 31.2 Å². The van der Waals surface area contributed by atoms with Crippen molar-refractivity contribution in [1.29, 1.82) is 0 Å². The number of carboxylic acid groups (broad SMARTS) is 1. The molecule has 1 aromatic carbocycles. The molecule has 2 heteroatoms. The number of aliphatic carboxylic acids is 1. The van der Waals surface area contributed by atoms with Crippen LogP contribution in [0.3, 0.4) is 0 Å². The summed E-state index contributed by atoms with van der Waals surface area (Å²) >= 11 is 0. The van der Waals surface area contributed by atoms with E-state index in [1.54, 1.807) is 0 Å². The highest BCUT2D eigenvalue weighted by atomic mass is 16.4. The van der Waals surface area contributed by atoms with Gasteiger partial charge in [-0.1, -0.05) is 31.2 Å². The molecule has 2 rings (SSSR count). The fourth-order valence-corrected chi connectivity index (χ4v) is 2.77. The minimum absolute atomic E-state index is 0.0627. The number of benzene rings is 1. The van der Waals surface area contributed by atoms with Crippen molar-refractivity contribution in [2.45, 2.75) is 44.4 Å². The Bertz CT molecular complexity index is 397. The Balaban J connectivity index is 2.25. The largest absolute Gasteiger partial charge is 0.481 e. The van der Waals surface area contributed by atoms with E-state index in [0.29, 0.717) is 0 Å². The van der Waals surface area contributed by atoms with Crippen molar-refractivity contribution in [1.82, 2.24) is 0 Å². The van der Waals surface area contributed by atoms with Crippen LogP contribution in [-0.2, 0) is 16.6 Å². The quantitative estimate of drug-likeness (QED) is 0.846. The molecule has 1 aliphatic rings. The van der Waals surface area contributed by atoms with E-state index < -0.39 is 5.97 Å². The molecule has 0 saturated heterocycles. The number of carboxylic acids is 1. The van der Waals surface area contributed by atoms with Crippen molar-refractivity contribution < 1.29 is 9.90 Å². The minimum atomic E-state index is -0.690. The third kappa shape index (κ3) is 2.11. The summed E-state index contributed by atoms with van der Waals surface area (Å²) < 4.78 is 0. The Morgan fingerprint density at radius 3 is 2.94 bits per heavy atom. The second-order valence-electron chi connectivity index (χ2n) is 4.97. The van der Waals surface area contributed by atoms with Crippen LogP contribution in [0.5, 0.6) is 0 Å². The molecule has 0 radical (unpaired) electrons. The van der Waals surface area contributed by atoms with Gasteiger partial charge in [-0.3, -0.25) is 4.79 Å². The van der Waals surface area contributed by atoms with Crippen molar-refractivity contribution in [3.63, 3.8) is 0 Å². The molecule has 0 heterocycles. The average molecular weight is 218 g/mol. The molecule has 1 N–H and O–H groups in total. The number of fused-ring (bicyclic) bond motifs is 1. The zero-order valence-corrected chi connectivity index (χ0v) is 9.70. The molecule has 0 aliphatic heterocycles. The predicted octanol–water partition coefficient (Wildman–Crippen LogP) is 3.15. The molecule has 1 unspecified atom stereocenters. The molecule has 2 nitrogen and oxygen atoms in total. The summed E-state index contributed by atoms with van der Waals surface area (Å²) in [5, 5.41) is 8.81. The van der Waals surface area contributed by atoms with Crippen molar-refractivity contribution >= 4 is 5.97 Å². The van der Waals surface area contributed by atoms with Crippen LogP contribution >= 0.6 is 0 Å². The molecule has 0 spiro atoms. The second-order valence-corrected chi connectivity index (χ2v) is 4.97. The fraction of sp³-hybridized carbons (Fsp3) is 0.500. The fourth-order valence-electron chi connectivity index (χ4n) is 2.77. The minimum Gasteiger partial charge on any atom is -0.481 e. The maximum atomic E-state index is 10.7. The second kappa shape index (κ2) is 4.28. The van der Waals surface area contributed by atoms with Gasteiger partial charge >= 0.3 is 5.97 Å².